The number of nitrogens with one attached hydrogen (secondary N) is 1. The summed E-state index contributed by atoms with van der Waals surface area (Å²) in [6.45, 7) is 1.58. The molecule has 2 aromatic carbocycles. The number of hydrogen-bond acceptors (Lipinski definition) is 3. The standard InChI is InChI=1S/C21H22ClFN2O3/c1-14(21(27)25(2)13-17-18(22)5-4-6-19(17)23)24-20(26)12-9-15-7-10-16(28-3)11-8-15/h4-12,14H,13H2,1-3H3,(H,24,26)/b12-9-/t14-/m1/s1. The lowest BCUT2D eigenvalue weighted by molar-refractivity contribution is -0.134. The molecule has 148 valence electrons. The van der Waals surface area contributed by atoms with E-state index in [9.17, 15) is 14.0 Å². The Morgan fingerprint density at radius 2 is 1.93 bits per heavy atom. The Balaban J connectivity index is 1.93. The molecule has 0 spiro atoms. The van der Waals surface area contributed by atoms with Crippen molar-refractivity contribution in [3.63, 3.8) is 0 Å². The van der Waals surface area contributed by atoms with Gasteiger partial charge in [0, 0.05) is 30.3 Å². The van der Waals surface area contributed by atoms with Crippen LogP contribution in [-0.2, 0) is 16.1 Å². The third kappa shape index (κ3) is 5.82. The molecule has 0 unspecified atom stereocenters. The molecule has 0 aliphatic rings. The van der Waals surface area contributed by atoms with Crippen molar-refractivity contribution in [2.75, 3.05) is 14.2 Å². The highest BCUT2D eigenvalue weighted by Crippen LogP contribution is 2.20. The Hall–Kier alpha value is -2.86. The molecule has 1 atom stereocenters. The molecule has 0 saturated carbocycles. The van der Waals surface area contributed by atoms with Crippen LogP contribution in [-0.4, -0.2) is 36.9 Å². The topological polar surface area (TPSA) is 58.6 Å². The van der Waals surface area contributed by atoms with Gasteiger partial charge in [-0.1, -0.05) is 29.8 Å². The molecular formula is C21H22ClFN2O3. The molecule has 0 aliphatic heterocycles. The third-order valence-electron chi connectivity index (χ3n) is 4.11. The summed E-state index contributed by atoms with van der Waals surface area (Å²) in [6.07, 6.45) is 2.98. The van der Waals surface area contributed by atoms with Crippen LogP contribution in [0.1, 0.15) is 18.1 Å². The van der Waals surface area contributed by atoms with Crippen LogP contribution >= 0.6 is 11.6 Å². The molecule has 1 N–H and O–H groups in total. The average Bonchev–Trinajstić information content (AvgIpc) is 2.68. The molecule has 2 aromatic rings. The third-order valence-corrected chi connectivity index (χ3v) is 4.46. The second kappa shape index (κ2) is 9.90. The molecule has 0 radical (unpaired) electrons. The summed E-state index contributed by atoms with van der Waals surface area (Å²) in [7, 11) is 3.11. The number of methoxy groups -OCH3 is 1. The zero-order valence-electron chi connectivity index (χ0n) is 15.9. The SMILES string of the molecule is COc1ccc(/C=C\C(=O)N[C@H](C)C(=O)N(C)Cc2c(F)cccc2Cl)cc1. The van der Waals surface area contributed by atoms with E-state index in [0.29, 0.717) is 0 Å². The van der Waals surface area contributed by atoms with E-state index in [2.05, 4.69) is 5.32 Å². The minimum atomic E-state index is -0.774. The van der Waals surface area contributed by atoms with Crippen molar-refractivity contribution in [3.05, 3.63) is 70.5 Å². The zero-order valence-corrected chi connectivity index (χ0v) is 16.7. The first kappa shape index (κ1) is 21.4. The maximum absolute atomic E-state index is 13.9. The van der Waals surface area contributed by atoms with Gasteiger partial charge in [0.05, 0.1) is 7.11 Å². The molecule has 0 bridgehead atoms. The number of nitrogens with zero attached hydrogens (tertiary/aromatic N) is 1. The van der Waals surface area contributed by atoms with Gasteiger partial charge in [-0.15, -0.1) is 0 Å². The molecule has 2 amide bonds. The van der Waals surface area contributed by atoms with Crippen LogP contribution in [0.3, 0.4) is 0 Å². The van der Waals surface area contributed by atoms with Crippen molar-refractivity contribution >= 4 is 29.5 Å². The van der Waals surface area contributed by atoms with Crippen LogP contribution in [0.5, 0.6) is 5.75 Å². The van der Waals surface area contributed by atoms with E-state index in [1.54, 1.807) is 38.3 Å². The van der Waals surface area contributed by atoms with Gasteiger partial charge < -0.3 is 15.0 Å². The summed E-state index contributed by atoms with van der Waals surface area (Å²) in [5, 5.41) is 2.85. The van der Waals surface area contributed by atoms with Gasteiger partial charge in [0.1, 0.15) is 17.6 Å². The van der Waals surface area contributed by atoms with Gasteiger partial charge in [0.2, 0.25) is 11.8 Å². The molecule has 7 heteroatoms. The highest BCUT2D eigenvalue weighted by molar-refractivity contribution is 6.31. The van der Waals surface area contributed by atoms with Crippen molar-refractivity contribution in [2.45, 2.75) is 19.5 Å². The molecule has 0 aromatic heterocycles. The van der Waals surface area contributed by atoms with Gasteiger partial charge in [-0.05, 0) is 42.8 Å². The largest absolute Gasteiger partial charge is 0.497 e. The van der Waals surface area contributed by atoms with Crippen molar-refractivity contribution in [3.8, 4) is 5.75 Å². The van der Waals surface area contributed by atoms with E-state index in [1.165, 1.54) is 30.2 Å². The number of rotatable bonds is 7. The number of carbonyl (C=O) groups is 2. The number of hydrogen-bond donors (Lipinski definition) is 1. The Morgan fingerprint density at radius 1 is 1.25 bits per heavy atom. The van der Waals surface area contributed by atoms with Gasteiger partial charge >= 0.3 is 0 Å². The number of ether oxygens (including phenoxy) is 1. The minimum absolute atomic E-state index is 0.00619. The quantitative estimate of drug-likeness (QED) is 0.716. The van der Waals surface area contributed by atoms with E-state index in [1.807, 2.05) is 12.1 Å². The smallest absolute Gasteiger partial charge is 0.244 e. The van der Waals surface area contributed by atoms with Crippen molar-refractivity contribution in [1.82, 2.24) is 10.2 Å². The molecule has 0 aliphatic carbocycles. The first-order chi connectivity index (χ1) is 13.3. The fourth-order valence-corrected chi connectivity index (χ4v) is 2.76. The predicted molar refractivity (Wildman–Crippen MR) is 108 cm³/mol. The van der Waals surface area contributed by atoms with E-state index in [0.717, 1.165) is 11.3 Å². The van der Waals surface area contributed by atoms with Crippen LogP contribution in [0.25, 0.3) is 6.08 Å². The number of likely N-dealkylation sites (N-methyl/N-ethyl adjacent to an activating group) is 1. The van der Waals surface area contributed by atoms with Crippen LogP contribution in [0.15, 0.2) is 48.5 Å². The van der Waals surface area contributed by atoms with Gasteiger partial charge in [-0.25, -0.2) is 4.39 Å². The highest BCUT2D eigenvalue weighted by Gasteiger charge is 2.20. The number of carbonyl (C=O) groups excluding carboxylic acids is 2. The highest BCUT2D eigenvalue weighted by atomic mass is 35.5. The van der Waals surface area contributed by atoms with Gasteiger partial charge in [-0.3, -0.25) is 9.59 Å². The monoisotopic (exact) mass is 404 g/mol. The molecular weight excluding hydrogens is 383 g/mol. The molecule has 5 nitrogen and oxygen atoms in total. The maximum Gasteiger partial charge on any atom is 0.244 e. The molecule has 2 rings (SSSR count). The van der Waals surface area contributed by atoms with Crippen LogP contribution in [0.2, 0.25) is 5.02 Å². The van der Waals surface area contributed by atoms with E-state index < -0.39 is 17.8 Å². The van der Waals surface area contributed by atoms with Crippen molar-refractivity contribution < 1.29 is 18.7 Å². The lowest BCUT2D eigenvalue weighted by atomic mass is 10.2. The molecule has 0 heterocycles. The fraction of sp³-hybridized carbons (Fsp3) is 0.238. The summed E-state index contributed by atoms with van der Waals surface area (Å²) >= 11 is 6.00. The van der Waals surface area contributed by atoms with Crippen molar-refractivity contribution in [2.24, 2.45) is 0 Å². The molecule has 0 fully saturated rings. The van der Waals surface area contributed by atoms with Crippen LogP contribution < -0.4 is 10.1 Å². The fourth-order valence-electron chi connectivity index (χ4n) is 2.54. The molecule has 0 saturated heterocycles. The zero-order chi connectivity index (χ0) is 20.7. The van der Waals surface area contributed by atoms with Crippen LogP contribution in [0, 0.1) is 5.82 Å². The van der Waals surface area contributed by atoms with Crippen LogP contribution in [0.4, 0.5) is 4.39 Å². The maximum atomic E-state index is 13.9. The Morgan fingerprint density at radius 3 is 2.54 bits per heavy atom. The number of benzene rings is 2. The second-order valence-corrected chi connectivity index (χ2v) is 6.64. The average molecular weight is 405 g/mol. The van der Waals surface area contributed by atoms with E-state index >= 15 is 0 Å². The summed E-state index contributed by atoms with van der Waals surface area (Å²) in [5.74, 6) is -0.524. The van der Waals surface area contributed by atoms with Gasteiger partial charge in [0.15, 0.2) is 0 Å². The summed E-state index contributed by atoms with van der Waals surface area (Å²) in [4.78, 5) is 25.8. The van der Waals surface area contributed by atoms with E-state index in [4.69, 9.17) is 16.3 Å². The van der Waals surface area contributed by atoms with Gasteiger partial charge in [-0.2, -0.15) is 0 Å². The van der Waals surface area contributed by atoms with Gasteiger partial charge in [0.25, 0.3) is 0 Å². The Kier molecular flexibility index (Phi) is 7.58. The summed E-state index contributed by atoms with van der Waals surface area (Å²) < 4.78 is 19.0. The summed E-state index contributed by atoms with van der Waals surface area (Å²) in [5.41, 5.74) is 1.05. The Labute approximate surface area is 168 Å². The first-order valence-electron chi connectivity index (χ1n) is 8.62. The minimum Gasteiger partial charge on any atom is -0.497 e. The molecule has 28 heavy (non-hydrogen) atoms. The Bertz CT molecular complexity index is 848. The van der Waals surface area contributed by atoms with Crippen molar-refractivity contribution in [1.29, 1.82) is 0 Å². The first-order valence-corrected chi connectivity index (χ1v) is 9.00. The number of halogens is 2. The second-order valence-electron chi connectivity index (χ2n) is 6.23. The summed E-state index contributed by atoms with van der Waals surface area (Å²) in [6, 6.07) is 10.8. The normalized spacial score (nSPS) is 11.9. The number of amides is 2. The predicted octanol–water partition coefficient (Wildman–Crippen LogP) is 3.66. The lowest BCUT2D eigenvalue weighted by Crippen LogP contribution is -2.44. The van der Waals surface area contributed by atoms with E-state index in [-0.39, 0.29) is 23.0 Å². The lowest BCUT2D eigenvalue weighted by Gasteiger charge is -2.22.